The van der Waals surface area contributed by atoms with E-state index in [1.54, 1.807) is 12.1 Å². The molecule has 2 heterocycles. The minimum Gasteiger partial charge on any atom is -0.405 e. The van der Waals surface area contributed by atoms with Gasteiger partial charge in [0.1, 0.15) is 10.6 Å². The van der Waals surface area contributed by atoms with Crippen molar-refractivity contribution in [3.8, 4) is 5.75 Å². The second kappa shape index (κ2) is 7.12. The van der Waals surface area contributed by atoms with Gasteiger partial charge in [-0.3, -0.25) is 4.79 Å². The van der Waals surface area contributed by atoms with E-state index in [1.807, 2.05) is 19.0 Å². The summed E-state index contributed by atoms with van der Waals surface area (Å²) in [6.45, 7) is -0.0764. The maximum atomic E-state index is 12.4. The van der Waals surface area contributed by atoms with Crippen molar-refractivity contribution < 1.29 is 22.7 Å². The van der Waals surface area contributed by atoms with Crippen molar-refractivity contribution in [1.82, 2.24) is 10.3 Å². The Kier molecular flexibility index (Phi) is 5.05. The van der Waals surface area contributed by atoms with Crippen LogP contribution < -0.4 is 15.0 Å². The first-order valence-electron chi connectivity index (χ1n) is 7.42. The zero-order valence-corrected chi connectivity index (χ0v) is 15.4. The number of thiazole rings is 1. The van der Waals surface area contributed by atoms with E-state index in [1.165, 1.54) is 40.9 Å². The van der Waals surface area contributed by atoms with Crippen molar-refractivity contribution in [2.24, 2.45) is 0 Å². The van der Waals surface area contributed by atoms with E-state index in [2.05, 4.69) is 15.0 Å². The SMILES string of the molecule is CN(C)c1nc2sc(C(=O)NCc3ccccc3OC(F)(F)F)cc2s1. The number of benzene rings is 1. The van der Waals surface area contributed by atoms with Gasteiger partial charge in [-0.25, -0.2) is 4.98 Å². The molecule has 26 heavy (non-hydrogen) atoms. The van der Waals surface area contributed by atoms with Crippen LogP contribution in [0.25, 0.3) is 9.53 Å². The summed E-state index contributed by atoms with van der Waals surface area (Å²) in [5.41, 5.74) is 0.240. The zero-order chi connectivity index (χ0) is 18.9. The molecule has 0 radical (unpaired) electrons. The highest BCUT2D eigenvalue weighted by Gasteiger charge is 2.32. The molecule has 10 heteroatoms. The first-order chi connectivity index (χ1) is 12.2. The summed E-state index contributed by atoms with van der Waals surface area (Å²) in [6, 6.07) is 7.44. The molecule has 0 spiro atoms. The molecule has 138 valence electrons. The Labute approximate surface area is 155 Å². The Hall–Kier alpha value is -2.33. The average molecular weight is 401 g/mol. The Morgan fingerprint density at radius 1 is 1.27 bits per heavy atom. The minimum atomic E-state index is -4.78. The number of amides is 1. The van der Waals surface area contributed by atoms with Crippen molar-refractivity contribution in [1.29, 1.82) is 0 Å². The summed E-state index contributed by atoms with van der Waals surface area (Å²) < 4.78 is 42.2. The van der Waals surface area contributed by atoms with E-state index in [-0.39, 0.29) is 23.8 Å². The van der Waals surface area contributed by atoms with Crippen molar-refractivity contribution in [3.63, 3.8) is 0 Å². The summed E-state index contributed by atoms with van der Waals surface area (Å²) in [5, 5.41) is 3.46. The third-order valence-electron chi connectivity index (χ3n) is 3.32. The minimum absolute atomic E-state index is 0.0764. The Morgan fingerprint density at radius 3 is 2.65 bits per heavy atom. The van der Waals surface area contributed by atoms with E-state index in [0.717, 1.165) is 14.7 Å². The fourth-order valence-electron chi connectivity index (χ4n) is 2.16. The van der Waals surface area contributed by atoms with Crippen LogP contribution >= 0.6 is 22.7 Å². The number of anilines is 1. The molecule has 5 nitrogen and oxygen atoms in total. The number of ether oxygens (including phenoxy) is 1. The number of para-hydroxylation sites is 1. The number of carbonyl (C=O) groups excluding carboxylic acids is 1. The molecule has 0 saturated carbocycles. The van der Waals surface area contributed by atoms with E-state index in [4.69, 9.17) is 0 Å². The maximum Gasteiger partial charge on any atom is 0.573 e. The molecular weight excluding hydrogens is 387 g/mol. The smallest absolute Gasteiger partial charge is 0.405 e. The molecule has 0 atom stereocenters. The molecule has 0 aliphatic rings. The number of hydrogen-bond acceptors (Lipinski definition) is 6. The molecule has 1 N–H and O–H groups in total. The fourth-order valence-corrected chi connectivity index (χ4v) is 4.21. The predicted molar refractivity (Wildman–Crippen MR) is 96.1 cm³/mol. The van der Waals surface area contributed by atoms with Gasteiger partial charge in [0.05, 0.1) is 9.58 Å². The highest BCUT2D eigenvalue weighted by Crippen LogP contribution is 2.34. The molecule has 0 bridgehead atoms. The molecule has 3 aromatic rings. The summed E-state index contributed by atoms with van der Waals surface area (Å²) in [7, 11) is 3.77. The number of carbonyl (C=O) groups is 1. The van der Waals surface area contributed by atoms with Crippen molar-refractivity contribution in [3.05, 3.63) is 40.8 Å². The molecule has 0 aliphatic heterocycles. The number of fused-ring (bicyclic) bond motifs is 1. The first kappa shape index (κ1) is 18.5. The van der Waals surface area contributed by atoms with E-state index >= 15 is 0 Å². The number of thiophene rings is 1. The van der Waals surface area contributed by atoms with Gasteiger partial charge in [-0.1, -0.05) is 29.5 Å². The molecule has 3 rings (SSSR count). The van der Waals surface area contributed by atoms with Crippen LogP contribution in [0.5, 0.6) is 5.75 Å². The van der Waals surface area contributed by atoms with Gasteiger partial charge in [-0.2, -0.15) is 0 Å². The van der Waals surface area contributed by atoms with Crippen LogP contribution in [0.15, 0.2) is 30.3 Å². The number of nitrogens with zero attached hydrogens (tertiary/aromatic N) is 2. The molecule has 0 aliphatic carbocycles. The zero-order valence-electron chi connectivity index (χ0n) is 13.8. The van der Waals surface area contributed by atoms with Crippen molar-refractivity contribution in [2.75, 3.05) is 19.0 Å². The van der Waals surface area contributed by atoms with E-state index in [0.29, 0.717) is 4.88 Å². The molecule has 0 saturated heterocycles. The molecule has 1 amide bonds. The summed E-state index contributed by atoms with van der Waals surface area (Å²) in [6.07, 6.45) is -4.78. The van der Waals surface area contributed by atoms with Gasteiger partial charge >= 0.3 is 6.36 Å². The first-order valence-corrected chi connectivity index (χ1v) is 9.06. The Balaban J connectivity index is 1.70. The quantitative estimate of drug-likeness (QED) is 0.694. The molecule has 0 unspecified atom stereocenters. The largest absolute Gasteiger partial charge is 0.573 e. The monoisotopic (exact) mass is 401 g/mol. The summed E-state index contributed by atoms with van der Waals surface area (Å²) in [4.78, 5) is 19.8. The van der Waals surface area contributed by atoms with Crippen molar-refractivity contribution in [2.45, 2.75) is 12.9 Å². The van der Waals surface area contributed by atoms with Crippen LogP contribution in [0, 0.1) is 0 Å². The number of alkyl halides is 3. The van der Waals surface area contributed by atoms with Gasteiger partial charge in [-0.05, 0) is 12.1 Å². The van der Waals surface area contributed by atoms with Crippen LogP contribution in [0.3, 0.4) is 0 Å². The number of nitrogens with one attached hydrogen (secondary N) is 1. The van der Waals surface area contributed by atoms with Gasteiger partial charge in [0.15, 0.2) is 5.13 Å². The third-order valence-corrected chi connectivity index (χ3v) is 5.65. The van der Waals surface area contributed by atoms with Gasteiger partial charge < -0.3 is 15.0 Å². The van der Waals surface area contributed by atoms with Crippen LogP contribution in [0.1, 0.15) is 15.2 Å². The van der Waals surface area contributed by atoms with Gasteiger partial charge in [0.25, 0.3) is 5.91 Å². The number of aromatic nitrogens is 1. The lowest BCUT2D eigenvalue weighted by molar-refractivity contribution is -0.274. The molecule has 1 aromatic carbocycles. The fraction of sp³-hybridized carbons (Fsp3) is 0.250. The Bertz CT molecular complexity index is 903. The average Bonchev–Trinajstić information content (AvgIpc) is 3.11. The van der Waals surface area contributed by atoms with Crippen LogP contribution in [-0.2, 0) is 6.54 Å². The lowest BCUT2D eigenvalue weighted by Gasteiger charge is -2.13. The second-order valence-corrected chi connectivity index (χ2v) is 7.55. The topological polar surface area (TPSA) is 54.5 Å². The van der Waals surface area contributed by atoms with Crippen molar-refractivity contribution >= 4 is 43.2 Å². The summed E-state index contributed by atoms with van der Waals surface area (Å²) >= 11 is 2.71. The predicted octanol–water partition coefficient (Wildman–Crippen LogP) is 4.25. The van der Waals surface area contributed by atoms with Crippen LogP contribution in [0.2, 0.25) is 0 Å². The van der Waals surface area contributed by atoms with Crippen LogP contribution in [-0.4, -0.2) is 31.3 Å². The normalized spacial score (nSPS) is 11.6. The maximum absolute atomic E-state index is 12.4. The molecular formula is C16H14F3N3O2S2. The van der Waals surface area contributed by atoms with E-state index in [9.17, 15) is 18.0 Å². The molecule has 2 aromatic heterocycles. The number of hydrogen-bond donors (Lipinski definition) is 1. The standard InChI is InChI=1S/C16H14F3N3O2S2/c1-22(2)15-21-14-12(26-15)7-11(25-14)13(23)20-8-9-5-3-4-6-10(9)24-16(17,18)19/h3-7H,8H2,1-2H3,(H,20,23). The number of rotatable bonds is 5. The lowest BCUT2D eigenvalue weighted by Crippen LogP contribution is -2.23. The second-order valence-electron chi connectivity index (χ2n) is 5.51. The number of halogens is 3. The highest BCUT2D eigenvalue weighted by atomic mass is 32.1. The van der Waals surface area contributed by atoms with Gasteiger partial charge in [-0.15, -0.1) is 24.5 Å². The van der Waals surface area contributed by atoms with Crippen LogP contribution in [0.4, 0.5) is 18.3 Å². The summed E-state index contributed by atoms with van der Waals surface area (Å²) in [5.74, 6) is -0.696. The lowest BCUT2D eigenvalue weighted by atomic mass is 10.2. The highest BCUT2D eigenvalue weighted by molar-refractivity contribution is 7.29. The van der Waals surface area contributed by atoms with Gasteiger partial charge in [0, 0.05) is 26.2 Å². The molecule has 0 fully saturated rings. The third kappa shape index (κ3) is 4.25. The Morgan fingerprint density at radius 2 is 2.00 bits per heavy atom. The van der Waals surface area contributed by atoms with E-state index < -0.39 is 6.36 Å². The van der Waals surface area contributed by atoms with Gasteiger partial charge in [0.2, 0.25) is 0 Å².